The van der Waals surface area contributed by atoms with Gasteiger partial charge in [0.05, 0.1) is 17.2 Å². The maximum absolute atomic E-state index is 13.1. The summed E-state index contributed by atoms with van der Waals surface area (Å²) in [6.45, 7) is 0.450. The Kier molecular flexibility index (Phi) is 3.02. The molecule has 0 saturated heterocycles. The van der Waals surface area contributed by atoms with Gasteiger partial charge in [-0.15, -0.1) is 0 Å². The number of fused-ring (bicyclic) bond motifs is 1. The summed E-state index contributed by atoms with van der Waals surface area (Å²) >= 11 is 0. The zero-order valence-corrected chi connectivity index (χ0v) is 10.8. The van der Waals surface area contributed by atoms with Crippen LogP contribution in [0.4, 0.5) is 4.39 Å². The molecule has 0 aliphatic heterocycles. The molecule has 2 heterocycles. The van der Waals surface area contributed by atoms with Gasteiger partial charge in [-0.3, -0.25) is 14.0 Å². The van der Waals surface area contributed by atoms with Crippen LogP contribution in [0.15, 0.2) is 35.6 Å². The van der Waals surface area contributed by atoms with Crippen LogP contribution in [-0.4, -0.2) is 24.3 Å². The van der Waals surface area contributed by atoms with Gasteiger partial charge in [-0.25, -0.2) is 14.4 Å². The van der Waals surface area contributed by atoms with Crippen molar-refractivity contribution in [1.29, 1.82) is 0 Å². The van der Waals surface area contributed by atoms with Crippen molar-refractivity contribution >= 4 is 10.9 Å². The monoisotopic (exact) mass is 273 g/mol. The molecule has 0 saturated carbocycles. The zero-order chi connectivity index (χ0) is 14.1. The van der Waals surface area contributed by atoms with E-state index in [1.54, 1.807) is 11.7 Å². The number of hydrogen-bond acceptors (Lipinski definition) is 4. The normalized spacial score (nSPS) is 11.1. The highest BCUT2D eigenvalue weighted by Gasteiger charge is 2.06. The van der Waals surface area contributed by atoms with Crippen LogP contribution in [0.3, 0.4) is 0 Å². The predicted molar refractivity (Wildman–Crippen MR) is 70.7 cm³/mol. The molecule has 0 aliphatic carbocycles. The fourth-order valence-electron chi connectivity index (χ4n) is 2.06. The summed E-state index contributed by atoms with van der Waals surface area (Å²) in [6.07, 6.45) is 3.48. The summed E-state index contributed by atoms with van der Waals surface area (Å²) in [5, 5.41) is 4.38. The third-order valence-electron chi connectivity index (χ3n) is 3.17. The van der Waals surface area contributed by atoms with Gasteiger partial charge in [-0.1, -0.05) is 0 Å². The lowest BCUT2D eigenvalue weighted by Crippen LogP contribution is -2.22. The van der Waals surface area contributed by atoms with Gasteiger partial charge in [-0.05, 0) is 12.1 Å². The van der Waals surface area contributed by atoms with Crippen LogP contribution >= 0.6 is 0 Å². The molecule has 3 rings (SSSR count). The minimum Gasteiger partial charge on any atom is -0.298 e. The van der Waals surface area contributed by atoms with Crippen LogP contribution < -0.4 is 5.56 Å². The SMILES string of the molecule is Cn1ncnc1CCn1cnc2cc(F)ccc2c1=O. The Hall–Kier alpha value is -2.57. The summed E-state index contributed by atoms with van der Waals surface area (Å²) in [7, 11) is 1.80. The summed E-state index contributed by atoms with van der Waals surface area (Å²) in [4.78, 5) is 20.4. The van der Waals surface area contributed by atoms with E-state index >= 15 is 0 Å². The zero-order valence-electron chi connectivity index (χ0n) is 10.8. The molecule has 0 bridgehead atoms. The molecule has 0 spiro atoms. The van der Waals surface area contributed by atoms with E-state index < -0.39 is 5.82 Å². The average Bonchev–Trinajstić information content (AvgIpc) is 2.83. The smallest absolute Gasteiger partial charge is 0.261 e. The predicted octanol–water partition coefficient (Wildman–Crippen LogP) is 0.907. The standard InChI is InChI=1S/C13H12FN5O/c1-18-12(15-7-17-18)4-5-19-8-16-11-6-9(14)2-3-10(11)13(19)20/h2-3,6-8H,4-5H2,1H3. The van der Waals surface area contributed by atoms with Crippen LogP contribution in [0.5, 0.6) is 0 Å². The highest BCUT2D eigenvalue weighted by atomic mass is 19.1. The first kappa shape index (κ1) is 12.5. The molecule has 0 unspecified atom stereocenters. The Balaban J connectivity index is 1.93. The van der Waals surface area contributed by atoms with E-state index in [1.165, 1.54) is 35.4 Å². The molecule has 0 radical (unpaired) electrons. The molecule has 1 aromatic carbocycles. The fourth-order valence-corrected chi connectivity index (χ4v) is 2.06. The van der Waals surface area contributed by atoms with E-state index in [1.807, 2.05) is 0 Å². The molecule has 0 N–H and O–H groups in total. The number of nitrogens with zero attached hydrogens (tertiary/aromatic N) is 5. The molecular weight excluding hydrogens is 261 g/mol. The summed E-state index contributed by atoms with van der Waals surface area (Å²) in [5.74, 6) is 0.386. The number of aryl methyl sites for hydroxylation is 3. The van der Waals surface area contributed by atoms with Gasteiger partial charge in [0.25, 0.3) is 5.56 Å². The number of halogens is 1. The lowest BCUT2D eigenvalue weighted by Gasteiger charge is -2.06. The third kappa shape index (κ3) is 2.18. The van der Waals surface area contributed by atoms with Crippen LogP contribution in [0.1, 0.15) is 5.82 Å². The minimum atomic E-state index is -0.402. The summed E-state index contributed by atoms with van der Waals surface area (Å²) in [5.41, 5.74) is 0.182. The summed E-state index contributed by atoms with van der Waals surface area (Å²) in [6, 6.07) is 3.97. The average molecular weight is 273 g/mol. The first-order valence-corrected chi connectivity index (χ1v) is 6.13. The van der Waals surface area contributed by atoms with Crippen molar-refractivity contribution in [2.75, 3.05) is 0 Å². The largest absolute Gasteiger partial charge is 0.298 e. The lowest BCUT2D eigenvalue weighted by atomic mass is 10.2. The van der Waals surface area contributed by atoms with Crippen LogP contribution in [0.25, 0.3) is 10.9 Å². The first-order valence-electron chi connectivity index (χ1n) is 6.13. The summed E-state index contributed by atoms with van der Waals surface area (Å²) < 4.78 is 16.2. The van der Waals surface area contributed by atoms with Crippen LogP contribution in [-0.2, 0) is 20.0 Å². The van der Waals surface area contributed by atoms with Crippen LogP contribution in [0.2, 0.25) is 0 Å². The Morgan fingerprint density at radius 1 is 1.30 bits per heavy atom. The molecule has 0 aliphatic rings. The van der Waals surface area contributed by atoms with E-state index in [0.717, 1.165) is 5.82 Å². The van der Waals surface area contributed by atoms with Gasteiger partial charge in [0.15, 0.2) is 0 Å². The molecule has 0 amide bonds. The quantitative estimate of drug-likeness (QED) is 0.711. The Labute approximate surface area is 113 Å². The van der Waals surface area contributed by atoms with Crippen molar-refractivity contribution in [3.63, 3.8) is 0 Å². The van der Waals surface area contributed by atoms with E-state index in [-0.39, 0.29) is 5.56 Å². The van der Waals surface area contributed by atoms with E-state index in [2.05, 4.69) is 15.1 Å². The van der Waals surface area contributed by atoms with Crippen molar-refractivity contribution in [3.8, 4) is 0 Å². The second-order valence-corrected chi connectivity index (χ2v) is 4.45. The minimum absolute atomic E-state index is 0.183. The molecule has 20 heavy (non-hydrogen) atoms. The highest BCUT2D eigenvalue weighted by Crippen LogP contribution is 2.08. The van der Waals surface area contributed by atoms with Gasteiger partial charge < -0.3 is 0 Å². The molecule has 102 valence electrons. The Morgan fingerprint density at radius 2 is 2.15 bits per heavy atom. The van der Waals surface area contributed by atoms with Gasteiger partial charge in [0.2, 0.25) is 0 Å². The number of aromatic nitrogens is 5. The molecule has 0 atom stereocenters. The first-order chi connectivity index (χ1) is 9.65. The number of rotatable bonds is 3. The van der Waals surface area contributed by atoms with Crippen molar-refractivity contribution in [3.05, 3.63) is 52.8 Å². The molecule has 3 aromatic rings. The molecule has 6 nitrogen and oxygen atoms in total. The van der Waals surface area contributed by atoms with Gasteiger partial charge >= 0.3 is 0 Å². The second kappa shape index (κ2) is 4.84. The maximum atomic E-state index is 13.1. The van der Waals surface area contributed by atoms with Gasteiger partial charge in [0, 0.05) is 26.1 Å². The van der Waals surface area contributed by atoms with E-state index in [9.17, 15) is 9.18 Å². The number of benzene rings is 1. The fraction of sp³-hybridized carbons (Fsp3) is 0.231. The topological polar surface area (TPSA) is 65.6 Å². The molecule has 7 heteroatoms. The van der Waals surface area contributed by atoms with Crippen LogP contribution in [0, 0.1) is 5.82 Å². The molecule has 0 fully saturated rings. The Morgan fingerprint density at radius 3 is 2.90 bits per heavy atom. The number of hydrogen-bond donors (Lipinski definition) is 0. The van der Waals surface area contributed by atoms with E-state index in [0.29, 0.717) is 23.9 Å². The van der Waals surface area contributed by atoms with Gasteiger partial charge in [0.1, 0.15) is 18.0 Å². The van der Waals surface area contributed by atoms with E-state index in [4.69, 9.17) is 0 Å². The Bertz CT molecular complexity index is 823. The van der Waals surface area contributed by atoms with Crippen molar-refractivity contribution in [2.45, 2.75) is 13.0 Å². The van der Waals surface area contributed by atoms with Crippen molar-refractivity contribution < 1.29 is 4.39 Å². The molecular formula is C13H12FN5O. The second-order valence-electron chi connectivity index (χ2n) is 4.45. The van der Waals surface area contributed by atoms with Crippen molar-refractivity contribution in [1.82, 2.24) is 24.3 Å². The van der Waals surface area contributed by atoms with Crippen molar-refractivity contribution in [2.24, 2.45) is 7.05 Å². The highest BCUT2D eigenvalue weighted by molar-refractivity contribution is 5.77. The third-order valence-corrected chi connectivity index (χ3v) is 3.17. The lowest BCUT2D eigenvalue weighted by molar-refractivity contribution is 0.607. The van der Waals surface area contributed by atoms with Gasteiger partial charge in [-0.2, -0.15) is 5.10 Å². The molecule has 2 aromatic heterocycles. The maximum Gasteiger partial charge on any atom is 0.261 e.